The molecule has 0 spiro atoms. The summed E-state index contributed by atoms with van der Waals surface area (Å²) in [4.78, 5) is 4.44. The van der Waals surface area contributed by atoms with Crippen molar-refractivity contribution in [3.63, 3.8) is 0 Å². The molecular weight excluding hydrogens is 448 g/mol. The SMILES string of the molecule is CS(=O)(=O)Nc1cc(-c2c(F)cccc2F)cc(-n2cnc3cc(-n4cccn4)ccc32)c1. The predicted octanol–water partition coefficient (Wildman–Crippen LogP) is 4.53. The lowest BCUT2D eigenvalue weighted by atomic mass is 10.0. The molecule has 5 aromatic rings. The van der Waals surface area contributed by atoms with Crippen molar-refractivity contribution < 1.29 is 17.2 Å². The van der Waals surface area contributed by atoms with Crippen molar-refractivity contribution >= 4 is 26.7 Å². The lowest BCUT2D eigenvalue weighted by Gasteiger charge is -2.13. The molecule has 5 rings (SSSR count). The molecule has 2 heterocycles. The number of hydrogen-bond donors (Lipinski definition) is 1. The Morgan fingerprint density at radius 3 is 2.42 bits per heavy atom. The molecule has 0 saturated carbocycles. The van der Waals surface area contributed by atoms with Gasteiger partial charge in [-0.25, -0.2) is 26.9 Å². The average Bonchev–Trinajstić information content (AvgIpc) is 3.42. The Hall–Kier alpha value is -4.05. The van der Waals surface area contributed by atoms with Crippen LogP contribution >= 0.6 is 0 Å². The van der Waals surface area contributed by atoms with Crippen LogP contribution in [-0.4, -0.2) is 34.0 Å². The number of hydrogen-bond acceptors (Lipinski definition) is 4. The molecule has 3 aromatic carbocycles. The summed E-state index contributed by atoms with van der Waals surface area (Å²) in [6.07, 6.45) is 6.06. The molecule has 0 aliphatic rings. The van der Waals surface area contributed by atoms with E-state index in [1.807, 2.05) is 30.5 Å². The van der Waals surface area contributed by atoms with Crippen LogP contribution in [0.3, 0.4) is 0 Å². The number of sulfonamides is 1. The Morgan fingerprint density at radius 2 is 1.73 bits per heavy atom. The maximum atomic E-state index is 14.5. The number of fused-ring (bicyclic) bond motifs is 1. The standard InChI is InChI=1S/C23H17F2N5O2S/c1-33(31,32)28-16-10-15(23-19(24)4-2-5-20(23)25)11-18(12-16)29-14-26-21-13-17(6-7-22(21)29)30-9-3-8-27-30/h2-14,28H,1H3. The third-order valence-corrected chi connectivity index (χ3v) is 5.66. The van der Waals surface area contributed by atoms with Gasteiger partial charge in [-0.05, 0) is 60.2 Å². The molecular formula is C23H17F2N5O2S. The Morgan fingerprint density at radius 1 is 0.939 bits per heavy atom. The molecule has 0 saturated heterocycles. The second-order valence-corrected chi connectivity index (χ2v) is 9.23. The van der Waals surface area contributed by atoms with Gasteiger partial charge >= 0.3 is 0 Å². The molecule has 0 fully saturated rings. The minimum atomic E-state index is -3.63. The minimum Gasteiger partial charge on any atom is -0.299 e. The predicted molar refractivity (Wildman–Crippen MR) is 122 cm³/mol. The molecule has 10 heteroatoms. The summed E-state index contributed by atoms with van der Waals surface area (Å²) >= 11 is 0. The Labute approximate surface area is 188 Å². The van der Waals surface area contributed by atoms with Crippen LogP contribution in [-0.2, 0) is 10.0 Å². The van der Waals surface area contributed by atoms with Gasteiger partial charge in [-0.2, -0.15) is 5.10 Å². The molecule has 1 N–H and O–H groups in total. The van der Waals surface area contributed by atoms with Crippen molar-refractivity contribution in [2.45, 2.75) is 0 Å². The van der Waals surface area contributed by atoms with E-state index < -0.39 is 21.7 Å². The van der Waals surface area contributed by atoms with Crippen molar-refractivity contribution in [3.05, 3.63) is 91.0 Å². The van der Waals surface area contributed by atoms with Crippen LogP contribution in [0.1, 0.15) is 0 Å². The zero-order chi connectivity index (χ0) is 23.2. The highest BCUT2D eigenvalue weighted by atomic mass is 32.2. The van der Waals surface area contributed by atoms with Crippen LogP contribution < -0.4 is 4.72 Å². The fraction of sp³-hybridized carbons (Fsp3) is 0.0435. The number of aromatic nitrogens is 4. The maximum absolute atomic E-state index is 14.5. The molecule has 2 aromatic heterocycles. The van der Waals surface area contributed by atoms with Gasteiger partial charge in [0.2, 0.25) is 10.0 Å². The highest BCUT2D eigenvalue weighted by Crippen LogP contribution is 2.32. The first-order chi connectivity index (χ1) is 15.8. The molecule has 166 valence electrons. The molecule has 33 heavy (non-hydrogen) atoms. The van der Waals surface area contributed by atoms with Crippen molar-refractivity contribution in [1.82, 2.24) is 19.3 Å². The van der Waals surface area contributed by atoms with E-state index in [0.29, 0.717) is 11.2 Å². The number of imidazole rings is 1. The second kappa shape index (κ2) is 7.82. The summed E-state index contributed by atoms with van der Waals surface area (Å²) in [6.45, 7) is 0. The Kier molecular flexibility index (Phi) is 4.94. The largest absolute Gasteiger partial charge is 0.299 e. The number of nitrogens with zero attached hydrogens (tertiary/aromatic N) is 4. The number of benzene rings is 3. The molecule has 0 aliphatic carbocycles. The van der Waals surface area contributed by atoms with Crippen LogP contribution in [0.2, 0.25) is 0 Å². The van der Waals surface area contributed by atoms with Crippen LogP contribution in [0.4, 0.5) is 14.5 Å². The number of rotatable bonds is 5. The maximum Gasteiger partial charge on any atom is 0.229 e. The van der Waals surface area contributed by atoms with Gasteiger partial charge in [0.15, 0.2) is 0 Å². The second-order valence-electron chi connectivity index (χ2n) is 7.48. The van der Waals surface area contributed by atoms with Gasteiger partial charge in [0, 0.05) is 18.1 Å². The van der Waals surface area contributed by atoms with Crippen LogP contribution in [0, 0.1) is 11.6 Å². The van der Waals surface area contributed by atoms with E-state index in [1.165, 1.54) is 12.1 Å². The highest BCUT2D eigenvalue weighted by molar-refractivity contribution is 7.92. The molecule has 0 radical (unpaired) electrons. The summed E-state index contributed by atoms with van der Waals surface area (Å²) in [5.41, 5.74) is 2.80. The average molecular weight is 465 g/mol. The third kappa shape index (κ3) is 4.08. The van der Waals surface area contributed by atoms with E-state index >= 15 is 0 Å². The summed E-state index contributed by atoms with van der Waals surface area (Å²) < 4.78 is 58.5. The Balaban J connectivity index is 1.69. The van der Waals surface area contributed by atoms with Crippen LogP contribution in [0.25, 0.3) is 33.5 Å². The lowest BCUT2D eigenvalue weighted by Crippen LogP contribution is -2.10. The normalized spacial score (nSPS) is 11.7. The minimum absolute atomic E-state index is 0.169. The lowest BCUT2D eigenvalue weighted by molar-refractivity contribution is 0.589. The highest BCUT2D eigenvalue weighted by Gasteiger charge is 2.16. The van der Waals surface area contributed by atoms with Gasteiger partial charge in [-0.1, -0.05) is 6.07 Å². The van der Waals surface area contributed by atoms with Gasteiger partial charge in [-0.3, -0.25) is 9.29 Å². The number of nitrogens with one attached hydrogen (secondary N) is 1. The van der Waals surface area contributed by atoms with Crippen LogP contribution in [0.5, 0.6) is 0 Å². The van der Waals surface area contributed by atoms with E-state index in [2.05, 4.69) is 14.8 Å². The van der Waals surface area contributed by atoms with E-state index in [1.54, 1.807) is 33.9 Å². The molecule has 0 aliphatic heterocycles. The summed E-state index contributed by atoms with van der Waals surface area (Å²) in [5, 5.41) is 4.21. The first-order valence-corrected chi connectivity index (χ1v) is 11.7. The van der Waals surface area contributed by atoms with Crippen molar-refractivity contribution in [3.8, 4) is 22.5 Å². The van der Waals surface area contributed by atoms with E-state index in [4.69, 9.17) is 0 Å². The van der Waals surface area contributed by atoms with Gasteiger partial charge in [-0.15, -0.1) is 0 Å². The molecule has 0 atom stereocenters. The smallest absolute Gasteiger partial charge is 0.229 e. The first kappa shape index (κ1) is 20.8. The monoisotopic (exact) mass is 465 g/mol. The van der Waals surface area contributed by atoms with E-state index in [9.17, 15) is 17.2 Å². The number of anilines is 1. The summed E-state index contributed by atoms with van der Waals surface area (Å²) in [7, 11) is -3.63. The van der Waals surface area contributed by atoms with Gasteiger partial charge < -0.3 is 0 Å². The molecule has 7 nitrogen and oxygen atoms in total. The van der Waals surface area contributed by atoms with Crippen molar-refractivity contribution in [2.75, 3.05) is 11.0 Å². The quantitative estimate of drug-likeness (QED) is 0.414. The summed E-state index contributed by atoms with van der Waals surface area (Å²) in [6, 6.07) is 15.5. The summed E-state index contributed by atoms with van der Waals surface area (Å²) in [5.74, 6) is -1.51. The number of halogens is 2. The fourth-order valence-electron chi connectivity index (χ4n) is 3.71. The zero-order valence-electron chi connectivity index (χ0n) is 17.3. The molecule has 0 unspecified atom stereocenters. The first-order valence-electron chi connectivity index (χ1n) is 9.83. The van der Waals surface area contributed by atoms with Gasteiger partial charge in [0.05, 0.1) is 34.2 Å². The fourth-order valence-corrected chi connectivity index (χ4v) is 4.26. The van der Waals surface area contributed by atoms with E-state index in [-0.39, 0.29) is 16.8 Å². The molecule has 0 amide bonds. The van der Waals surface area contributed by atoms with Crippen LogP contribution in [0.15, 0.2) is 79.4 Å². The zero-order valence-corrected chi connectivity index (χ0v) is 18.1. The topological polar surface area (TPSA) is 81.8 Å². The van der Waals surface area contributed by atoms with Gasteiger partial charge in [0.25, 0.3) is 0 Å². The Bertz CT molecular complexity index is 1570. The molecule has 0 bridgehead atoms. The van der Waals surface area contributed by atoms with Crippen molar-refractivity contribution in [2.24, 2.45) is 0 Å². The van der Waals surface area contributed by atoms with Gasteiger partial charge in [0.1, 0.15) is 18.0 Å². The van der Waals surface area contributed by atoms with Crippen molar-refractivity contribution in [1.29, 1.82) is 0 Å². The third-order valence-electron chi connectivity index (χ3n) is 5.05. The van der Waals surface area contributed by atoms with E-state index in [0.717, 1.165) is 29.6 Å².